The van der Waals surface area contributed by atoms with Crippen LogP contribution in [0.3, 0.4) is 0 Å². The van der Waals surface area contributed by atoms with E-state index in [1.807, 2.05) is 26.0 Å². The number of ether oxygens (including phenoxy) is 2. The molecule has 0 atom stereocenters. The Balaban J connectivity index is 1.61. The predicted molar refractivity (Wildman–Crippen MR) is 89.8 cm³/mol. The van der Waals surface area contributed by atoms with Crippen molar-refractivity contribution in [1.29, 1.82) is 0 Å². The number of sulfonamides is 1. The first-order chi connectivity index (χ1) is 11.5. The van der Waals surface area contributed by atoms with E-state index in [1.165, 1.54) is 4.31 Å². The molecule has 0 bridgehead atoms. The largest absolute Gasteiger partial charge is 0.494 e. The molecule has 1 saturated heterocycles. The quantitative estimate of drug-likeness (QED) is 0.801. The molecule has 2 heterocycles. The predicted octanol–water partition coefficient (Wildman–Crippen LogP) is 2.24. The lowest BCUT2D eigenvalue weighted by atomic mass is 10.2. The van der Waals surface area contributed by atoms with E-state index in [1.54, 1.807) is 30.3 Å². The number of aromatic nitrogens is 1. The first kappa shape index (κ1) is 16.7. The molecule has 0 unspecified atom stereocenters. The lowest BCUT2D eigenvalue weighted by Gasteiger charge is -2.37. The lowest BCUT2D eigenvalue weighted by Crippen LogP contribution is -2.56. The summed E-state index contributed by atoms with van der Waals surface area (Å²) in [5.74, 6) is 1.19. The summed E-state index contributed by atoms with van der Waals surface area (Å²) < 4.78 is 37.5. The summed E-state index contributed by atoms with van der Waals surface area (Å²) in [5.41, 5.74) is 0.866. The molecule has 0 spiro atoms. The van der Waals surface area contributed by atoms with Crippen molar-refractivity contribution in [1.82, 2.24) is 9.29 Å². The van der Waals surface area contributed by atoms with Gasteiger partial charge in [0, 0.05) is 11.8 Å². The zero-order valence-electron chi connectivity index (χ0n) is 13.7. The average Bonchev–Trinajstić information content (AvgIpc) is 2.51. The molecule has 1 aliphatic heterocycles. The van der Waals surface area contributed by atoms with Crippen molar-refractivity contribution < 1.29 is 17.9 Å². The fourth-order valence-corrected chi connectivity index (χ4v) is 3.95. The Morgan fingerprint density at radius 1 is 1.17 bits per heavy atom. The Morgan fingerprint density at radius 3 is 2.50 bits per heavy atom. The van der Waals surface area contributed by atoms with Crippen LogP contribution in [0.1, 0.15) is 12.6 Å². The van der Waals surface area contributed by atoms with Crippen molar-refractivity contribution in [2.24, 2.45) is 0 Å². The minimum absolute atomic E-state index is 0.170. The normalized spacial score (nSPS) is 15.8. The van der Waals surface area contributed by atoms with Gasteiger partial charge in [0.1, 0.15) is 11.9 Å². The summed E-state index contributed by atoms with van der Waals surface area (Å²) in [5, 5.41) is 0. The van der Waals surface area contributed by atoms with Gasteiger partial charge in [-0.3, -0.25) is 0 Å². The van der Waals surface area contributed by atoms with Gasteiger partial charge >= 0.3 is 0 Å². The molecule has 0 N–H and O–H groups in total. The van der Waals surface area contributed by atoms with Crippen LogP contribution < -0.4 is 9.47 Å². The van der Waals surface area contributed by atoms with Gasteiger partial charge in [-0.05, 0) is 44.2 Å². The van der Waals surface area contributed by atoms with Crippen LogP contribution in [-0.4, -0.2) is 43.5 Å². The molecule has 0 saturated carbocycles. The summed E-state index contributed by atoms with van der Waals surface area (Å²) in [4.78, 5) is 4.53. The van der Waals surface area contributed by atoms with Crippen molar-refractivity contribution in [3.05, 3.63) is 48.2 Å². The fraction of sp³-hybridized carbons (Fsp3) is 0.353. The minimum atomic E-state index is -3.49. The molecule has 128 valence electrons. The Hall–Kier alpha value is -2.12. The molecule has 7 heteroatoms. The molecular formula is C17H20N2O4S. The average molecular weight is 348 g/mol. The second-order valence-electron chi connectivity index (χ2n) is 5.58. The molecule has 1 aliphatic rings. The second kappa shape index (κ2) is 6.78. The molecule has 0 radical (unpaired) electrons. The van der Waals surface area contributed by atoms with E-state index in [-0.39, 0.29) is 11.0 Å². The summed E-state index contributed by atoms with van der Waals surface area (Å²) in [6.45, 7) is 4.96. The number of nitrogens with zero attached hydrogens (tertiary/aromatic N) is 2. The Morgan fingerprint density at radius 2 is 1.88 bits per heavy atom. The van der Waals surface area contributed by atoms with Crippen LogP contribution in [0.2, 0.25) is 0 Å². The Labute approximate surface area is 142 Å². The first-order valence-corrected chi connectivity index (χ1v) is 9.26. The van der Waals surface area contributed by atoms with Gasteiger partial charge in [0.25, 0.3) is 0 Å². The van der Waals surface area contributed by atoms with Crippen molar-refractivity contribution in [2.45, 2.75) is 24.8 Å². The van der Waals surface area contributed by atoms with E-state index in [2.05, 4.69) is 4.98 Å². The van der Waals surface area contributed by atoms with E-state index in [0.29, 0.717) is 31.3 Å². The number of pyridine rings is 1. The molecule has 6 nitrogen and oxygen atoms in total. The zero-order chi connectivity index (χ0) is 17.2. The summed E-state index contributed by atoms with van der Waals surface area (Å²) >= 11 is 0. The number of hydrogen-bond acceptors (Lipinski definition) is 5. The summed E-state index contributed by atoms with van der Waals surface area (Å²) in [7, 11) is -3.49. The monoisotopic (exact) mass is 348 g/mol. The molecular weight excluding hydrogens is 328 g/mol. The van der Waals surface area contributed by atoms with Gasteiger partial charge in [-0.2, -0.15) is 4.31 Å². The first-order valence-electron chi connectivity index (χ1n) is 7.82. The highest BCUT2D eigenvalue weighted by atomic mass is 32.2. The van der Waals surface area contributed by atoms with Gasteiger partial charge in [-0.1, -0.05) is 6.07 Å². The van der Waals surface area contributed by atoms with Crippen LogP contribution in [0.15, 0.2) is 47.4 Å². The molecule has 24 heavy (non-hydrogen) atoms. The van der Waals surface area contributed by atoms with Crippen molar-refractivity contribution in [3.63, 3.8) is 0 Å². The van der Waals surface area contributed by atoms with E-state index >= 15 is 0 Å². The third kappa shape index (κ3) is 3.52. The van der Waals surface area contributed by atoms with Crippen molar-refractivity contribution in [2.75, 3.05) is 19.7 Å². The maximum absolute atomic E-state index is 12.5. The molecule has 1 fully saturated rings. The van der Waals surface area contributed by atoms with Gasteiger partial charge < -0.3 is 9.47 Å². The highest BCUT2D eigenvalue weighted by Gasteiger charge is 2.38. The number of rotatable bonds is 6. The van der Waals surface area contributed by atoms with Gasteiger partial charge in [0.05, 0.1) is 24.6 Å². The van der Waals surface area contributed by atoms with Crippen LogP contribution in [-0.2, 0) is 10.0 Å². The number of aryl methyl sites for hydroxylation is 1. The zero-order valence-corrected chi connectivity index (χ0v) is 14.5. The molecule has 2 aromatic rings. The number of benzene rings is 1. The van der Waals surface area contributed by atoms with E-state index in [0.717, 1.165) is 5.69 Å². The Bertz CT molecular complexity index is 800. The van der Waals surface area contributed by atoms with Crippen LogP contribution in [0, 0.1) is 6.92 Å². The minimum Gasteiger partial charge on any atom is -0.494 e. The fourth-order valence-electron chi connectivity index (χ4n) is 2.45. The standard InChI is InChI=1S/C17H20N2O4S/c1-3-22-14-7-9-16(10-8-14)24(20,21)19-11-15(12-19)23-17-6-4-5-13(2)18-17/h4-10,15H,3,11-12H2,1-2H3. The van der Waals surface area contributed by atoms with Gasteiger partial charge in [-0.15, -0.1) is 0 Å². The number of hydrogen-bond donors (Lipinski definition) is 0. The van der Waals surface area contributed by atoms with Gasteiger partial charge in [-0.25, -0.2) is 13.4 Å². The maximum atomic E-state index is 12.5. The van der Waals surface area contributed by atoms with E-state index in [9.17, 15) is 8.42 Å². The molecule has 0 aliphatic carbocycles. The van der Waals surface area contributed by atoms with Gasteiger partial charge in [0.2, 0.25) is 15.9 Å². The summed E-state index contributed by atoms with van der Waals surface area (Å²) in [6.07, 6.45) is -0.170. The van der Waals surface area contributed by atoms with Crippen molar-refractivity contribution in [3.8, 4) is 11.6 Å². The summed E-state index contributed by atoms with van der Waals surface area (Å²) in [6, 6.07) is 12.0. The van der Waals surface area contributed by atoms with Crippen LogP contribution in [0.5, 0.6) is 11.6 Å². The smallest absolute Gasteiger partial charge is 0.243 e. The molecule has 1 aromatic heterocycles. The van der Waals surface area contributed by atoms with Crippen LogP contribution in [0.25, 0.3) is 0 Å². The topological polar surface area (TPSA) is 68.7 Å². The SMILES string of the molecule is CCOc1ccc(S(=O)(=O)N2CC(Oc3cccc(C)n3)C2)cc1. The van der Waals surface area contributed by atoms with Crippen molar-refractivity contribution >= 4 is 10.0 Å². The van der Waals surface area contributed by atoms with Crippen LogP contribution >= 0.6 is 0 Å². The molecule has 3 rings (SSSR count). The second-order valence-corrected chi connectivity index (χ2v) is 7.52. The van der Waals surface area contributed by atoms with Crippen LogP contribution in [0.4, 0.5) is 0 Å². The third-order valence-corrected chi connectivity index (χ3v) is 5.58. The third-order valence-electron chi connectivity index (χ3n) is 3.74. The van der Waals surface area contributed by atoms with E-state index < -0.39 is 10.0 Å². The van der Waals surface area contributed by atoms with Gasteiger partial charge in [0.15, 0.2) is 0 Å². The Kier molecular flexibility index (Phi) is 4.73. The lowest BCUT2D eigenvalue weighted by molar-refractivity contribution is 0.0719. The molecule has 1 aromatic carbocycles. The highest BCUT2D eigenvalue weighted by Crippen LogP contribution is 2.25. The molecule has 0 amide bonds. The maximum Gasteiger partial charge on any atom is 0.243 e. The highest BCUT2D eigenvalue weighted by molar-refractivity contribution is 7.89. The van der Waals surface area contributed by atoms with E-state index in [4.69, 9.17) is 9.47 Å².